The van der Waals surface area contributed by atoms with Crippen LogP contribution in [-0.4, -0.2) is 4.75 Å². The lowest BCUT2D eigenvalue weighted by Gasteiger charge is -2.17. The first-order valence-electron chi connectivity index (χ1n) is 4.36. The van der Waals surface area contributed by atoms with Crippen LogP contribution in [0.5, 0.6) is 0 Å². The third-order valence-electron chi connectivity index (χ3n) is 1.62. The Morgan fingerprint density at radius 1 is 1.23 bits per heavy atom. The van der Waals surface area contributed by atoms with Gasteiger partial charge in [0.05, 0.1) is 0 Å². The molecule has 0 unspecified atom stereocenters. The molecule has 0 fully saturated rings. The number of hydrogen-bond acceptors (Lipinski definition) is 1. The molecule has 0 heterocycles. The molecule has 0 saturated carbocycles. The van der Waals surface area contributed by atoms with Crippen LogP contribution in [0.1, 0.15) is 26.3 Å². The summed E-state index contributed by atoms with van der Waals surface area (Å²) in [5.74, 6) is 0.648. The molecule has 13 heavy (non-hydrogen) atoms. The second kappa shape index (κ2) is 4.14. The molecule has 0 amide bonds. The van der Waals surface area contributed by atoms with Crippen molar-refractivity contribution in [1.82, 2.24) is 0 Å². The van der Waals surface area contributed by atoms with Crippen molar-refractivity contribution in [3.8, 4) is 0 Å². The molecule has 0 atom stereocenters. The van der Waals surface area contributed by atoms with Crippen molar-refractivity contribution in [2.24, 2.45) is 0 Å². The van der Waals surface area contributed by atoms with Gasteiger partial charge in [-0.3, -0.25) is 0 Å². The molecule has 0 N–H and O–H groups in total. The minimum Gasteiger partial charge on any atom is -0.207 e. The van der Waals surface area contributed by atoms with Gasteiger partial charge < -0.3 is 0 Å². The summed E-state index contributed by atoms with van der Waals surface area (Å²) in [4.78, 5) is 0. The number of rotatable bonds is 2. The van der Waals surface area contributed by atoms with Gasteiger partial charge in [0.2, 0.25) is 0 Å². The van der Waals surface area contributed by atoms with E-state index in [9.17, 15) is 4.39 Å². The van der Waals surface area contributed by atoms with Gasteiger partial charge in [0.25, 0.3) is 0 Å². The Balaban J connectivity index is 2.60. The monoisotopic (exact) mass is 198 g/mol. The van der Waals surface area contributed by atoms with Gasteiger partial charge in [-0.15, -0.1) is 0 Å². The van der Waals surface area contributed by atoms with Crippen LogP contribution < -0.4 is 0 Å². The predicted octanol–water partition coefficient (Wildman–Crippen LogP) is 3.86. The van der Waals surface area contributed by atoms with Crippen LogP contribution in [0.25, 0.3) is 0 Å². The first kappa shape index (κ1) is 10.6. The molecule has 0 saturated heterocycles. The van der Waals surface area contributed by atoms with Crippen molar-refractivity contribution in [2.45, 2.75) is 31.3 Å². The third-order valence-corrected chi connectivity index (χ3v) is 2.94. The fourth-order valence-corrected chi connectivity index (χ4v) is 1.73. The summed E-state index contributed by atoms with van der Waals surface area (Å²) in [6.07, 6.45) is 0. The molecule has 0 aromatic heterocycles. The van der Waals surface area contributed by atoms with Gasteiger partial charge in [0.1, 0.15) is 5.82 Å². The van der Waals surface area contributed by atoms with Gasteiger partial charge in [-0.25, -0.2) is 4.39 Å². The second-order valence-electron chi connectivity index (χ2n) is 3.99. The Kier molecular flexibility index (Phi) is 3.37. The first-order chi connectivity index (χ1) is 5.99. The molecule has 2 heteroatoms. The number of halogens is 1. The highest BCUT2D eigenvalue weighted by molar-refractivity contribution is 7.99. The number of hydrogen-bond donors (Lipinski definition) is 0. The van der Waals surface area contributed by atoms with E-state index in [0.29, 0.717) is 0 Å². The number of thioether (sulfide) groups is 1. The molecule has 1 aromatic rings. The van der Waals surface area contributed by atoms with Crippen LogP contribution in [0.4, 0.5) is 4.39 Å². The van der Waals surface area contributed by atoms with Gasteiger partial charge in [-0.05, 0) is 11.6 Å². The van der Waals surface area contributed by atoms with E-state index in [0.717, 1.165) is 11.3 Å². The summed E-state index contributed by atoms with van der Waals surface area (Å²) in [5, 5.41) is 0. The van der Waals surface area contributed by atoms with Crippen molar-refractivity contribution in [3.63, 3.8) is 0 Å². The molecule has 0 aliphatic heterocycles. The Morgan fingerprint density at radius 2 is 1.85 bits per heavy atom. The summed E-state index contributed by atoms with van der Waals surface area (Å²) in [6.45, 7) is 6.41. The molecular formula is C11H15FS. The van der Waals surface area contributed by atoms with E-state index in [1.54, 1.807) is 17.8 Å². The zero-order chi connectivity index (χ0) is 9.90. The highest BCUT2D eigenvalue weighted by Crippen LogP contribution is 2.27. The van der Waals surface area contributed by atoms with E-state index >= 15 is 0 Å². The zero-order valence-corrected chi connectivity index (χ0v) is 9.12. The molecule has 0 aliphatic rings. The van der Waals surface area contributed by atoms with E-state index < -0.39 is 0 Å². The minimum absolute atomic E-state index is 0.0979. The topological polar surface area (TPSA) is 0 Å². The molecule has 0 radical (unpaired) electrons. The van der Waals surface area contributed by atoms with Gasteiger partial charge in [-0.1, -0.05) is 39.0 Å². The average molecular weight is 198 g/mol. The smallest absolute Gasteiger partial charge is 0.127 e. The minimum atomic E-state index is -0.0979. The fraction of sp³-hybridized carbons (Fsp3) is 0.455. The maximum absolute atomic E-state index is 13.2. The normalized spacial score (nSPS) is 11.7. The summed E-state index contributed by atoms with van der Waals surface area (Å²) < 4.78 is 13.3. The molecule has 0 aliphatic carbocycles. The van der Waals surface area contributed by atoms with Crippen molar-refractivity contribution in [3.05, 3.63) is 35.6 Å². The van der Waals surface area contributed by atoms with Crippen LogP contribution in [0.15, 0.2) is 24.3 Å². The Hall–Kier alpha value is -0.500. The van der Waals surface area contributed by atoms with E-state index in [-0.39, 0.29) is 10.6 Å². The largest absolute Gasteiger partial charge is 0.207 e. The summed E-state index contributed by atoms with van der Waals surface area (Å²) >= 11 is 1.76. The maximum atomic E-state index is 13.2. The van der Waals surface area contributed by atoms with E-state index in [1.165, 1.54) is 6.07 Å². The highest BCUT2D eigenvalue weighted by Gasteiger charge is 2.11. The van der Waals surface area contributed by atoms with Crippen LogP contribution in [0, 0.1) is 5.82 Å². The number of benzene rings is 1. The van der Waals surface area contributed by atoms with Crippen LogP contribution >= 0.6 is 11.8 Å². The highest BCUT2D eigenvalue weighted by atomic mass is 32.2. The SMILES string of the molecule is CC(C)(C)SCc1ccccc1F. The molecule has 0 nitrogen and oxygen atoms in total. The second-order valence-corrected chi connectivity index (χ2v) is 5.79. The quantitative estimate of drug-likeness (QED) is 0.695. The van der Waals surface area contributed by atoms with Gasteiger partial charge >= 0.3 is 0 Å². The lowest BCUT2D eigenvalue weighted by Crippen LogP contribution is -2.07. The lowest BCUT2D eigenvalue weighted by molar-refractivity contribution is 0.617. The first-order valence-corrected chi connectivity index (χ1v) is 5.35. The molecule has 0 spiro atoms. The molecule has 1 rings (SSSR count). The van der Waals surface area contributed by atoms with Crippen LogP contribution in [0.2, 0.25) is 0 Å². The average Bonchev–Trinajstić information content (AvgIpc) is 2.01. The van der Waals surface area contributed by atoms with E-state index in [4.69, 9.17) is 0 Å². The molecule has 0 bridgehead atoms. The molecule has 1 aromatic carbocycles. The van der Waals surface area contributed by atoms with Crippen molar-refractivity contribution in [1.29, 1.82) is 0 Å². The van der Waals surface area contributed by atoms with Gasteiger partial charge in [-0.2, -0.15) is 11.8 Å². The molecular weight excluding hydrogens is 183 g/mol. The van der Waals surface area contributed by atoms with Crippen LogP contribution in [-0.2, 0) is 5.75 Å². The maximum Gasteiger partial charge on any atom is 0.127 e. The third kappa shape index (κ3) is 3.81. The van der Waals surface area contributed by atoms with Crippen molar-refractivity contribution >= 4 is 11.8 Å². The predicted molar refractivity (Wildman–Crippen MR) is 57.4 cm³/mol. The van der Waals surface area contributed by atoms with Crippen molar-refractivity contribution < 1.29 is 4.39 Å². The Labute approximate surface area is 83.5 Å². The molecule has 72 valence electrons. The summed E-state index contributed by atoms with van der Waals surface area (Å²) in [7, 11) is 0. The zero-order valence-electron chi connectivity index (χ0n) is 8.30. The van der Waals surface area contributed by atoms with Gasteiger partial charge in [0, 0.05) is 10.5 Å². The van der Waals surface area contributed by atoms with Gasteiger partial charge in [0.15, 0.2) is 0 Å². The van der Waals surface area contributed by atoms with E-state index in [2.05, 4.69) is 20.8 Å². The Morgan fingerprint density at radius 3 is 2.38 bits per heavy atom. The standard InChI is InChI=1S/C11H15FS/c1-11(2,3)13-8-9-6-4-5-7-10(9)12/h4-7H,8H2,1-3H3. The Bertz CT molecular complexity index is 276. The van der Waals surface area contributed by atoms with E-state index in [1.807, 2.05) is 12.1 Å². The van der Waals surface area contributed by atoms with Crippen molar-refractivity contribution in [2.75, 3.05) is 0 Å². The summed E-state index contributed by atoms with van der Waals surface area (Å²) in [5.41, 5.74) is 0.794. The summed E-state index contributed by atoms with van der Waals surface area (Å²) in [6, 6.07) is 6.95. The van der Waals surface area contributed by atoms with Crippen LogP contribution in [0.3, 0.4) is 0 Å². The lowest BCUT2D eigenvalue weighted by atomic mass is 10.2. The fourth-order valence-electron chi connectivity index (χ4n) is 0.910.